The number of hydrogen-bond donors (Lipinski definition) is 1. The van der Waals surface area contributed by atoms with Crippen molar-refractivity contribution in [2.24, 2.45) is 0 Å². The van der Waals surface area contributed by atoms with E-state index >= 15 is 0 Å². The highest BCUT2D eigenvalue weighted by Crippen LogP contribution is 2.24. The first-order chi connectivity index (χ1) is 9.36. The van der Waals surface area contributed by atoms with E-state index in [1.54, 1.807) is 25.7 Å². The van der Waals surface area contributed by atoms with Crippen molar-refractivity contribution >= 4 is 0 Å². The Balaban J connectivity index is 2.37. The van der Waals surface area contributed by atoms with E-state index in [1.807, 2.05) is 18.2 Å². The molecule has 1 N–H and O–H groups in total. The number of nitrogens with one attached hydrogen (secondary N) is 1. The monoisotopic (exact) mass is 258 g/mol. The van der Waals surface area contributed by atoms with Crippen molar-refractivity contribution < 1.29 is 4.74 Å². The fourth-order valence-corrected chi connectivity index (χ4v) is 1.87. The van der Waals surface area contributed by atoms with Crippen molar-refractivity contribution in [1.82, 2.24) is 20.3 Å². The Labute approximate surface area is 113 Å². The molecule has 2 heterocycles. The van der Waals surface area contributed by atoms with Gasteiger partial charge in [0, 0.05) is 18.6 Å². The van der Waals surface area contributed by atoms with Crippen molar-refractivity contribution in [3.63, 3.8) is 0 Å². The summed E-state index contributed by atoms with van der Waals surface area (Å²) in [5.41, 5.74) is 1.67. The lowest BCUT2D eigenvalue weighted by molar-refractivity contribution is 0.381. The maximum atomic E-state index is 5.29. The number of ether oxygens (including phenoxy) is 1. The first-order valence-corrected chi connectivity index (χ1v) is 6.36. The van der Waals surface area contributed by atoms with Crippen LogP contribution in [0.25, 0.3) is 0 Å². The quantitative estimate of drug-likeness (QED) is 0.858. The van der Waals surface area contributed by atoms with Crippen LogP contribution in [0.2, 0.25) is 0 Å². The summed E-state index contributed by atoms with van der Waals surface area (Å²) in [5, 5.41) is 3.43. The highest BCUT2D eigenvalue weighted by atomic mass is 16.5. The molecule has 0 fully saturated rings. The van der Waals surface area contributed by atoms with Gasteiger partial charge in [0.2, 0.25) is 5.88 Å². The van der Waals surface area contributed by atoms with E-state index in [0.717, 1.165) is 24.4 Å². The highest BCUT2D eigenvalue weighted by Gasteiger charge is 2.20. The standard InChI is InChI=1S/C14H18N4O/c1-3-7-16-12(11-6-4-5-8-15-11)13-14(19-2)18-10-9-17-13/h4-6,8-10,12,16H,3,7H2,1-2H3. The highest BCUT2D eigenvalue weighted by molar-refractivity contribution is 5.29. The molecule has 2 aromatic rings. The van der Waals surface area contributed by atoms with E-state index in [2.05, 4.69) is 27.2 Å². The number of aromatic nitrogens is 3. The maximum absolute atomic E-state index is 5.29. The Kier molecular flexibility index (Phi) is 4.80. The van der Waals surface area contributed by atoms with Gasteiger partial charge in [-0.1, -0.05) is 13.0 Å². The third-order valence-corrected chi connectivity index (χ3v) is 2.74. The predicted octanol–water partition coefficient (Wildman–Crippen LogP) is 1.97. The number of pyridine rings is 1. The topological polar surface area (TPSA) is 59.9 Å². The molecule has 0 bridgehead atoms. The van der Waals surface area contributed by atoms with E-state index in [-0.39, 0.29) is 6.04 Å². The second-order valence-electron chi connectivity index (χ2n) is 4.09. The van der Waals surface area contributed by atoms with Crippen molar-refractivity contribution in [3.8, 4) is 5.88 Å². The Morgan fingerprint density at radius 2 is 2.00 bits per heavy atom. The number of nitrogens with zero attached hydrogens (tertiary/aromatic N) is 3. The fraction of sp³-hybridized carbons (Fsp3) is 0.357. The molecule has 0 aliphatic heterocycles. The molecule has 0 radical (unpaired) electrons. The van der Waals surface area contributed by atoms with Gasteiger partial charge in [0.05, 0.1) is 18.8 Å². The molecule has 0 amide bonds. The van der Waals surface area contributed by atoms with Crippen LogP contribution in [0, 0.1) is 0 Å². The molecule has 0 saturated heterocycles. The number of hydrogen-bond acceptors (Lipinski definition) is 5. The van der Waals surface area contributed by atoms with Gasteiger partial charge in [0.15, 0.2) is 0 Å². The van der Waals surface area contributed by atoms with Crippen molar-refractivity contribution in [3.05, 3.63) is 48.2 Å². The molecular weight excluding hydrogens is 240 g/mol. The summed E-state index contributed by atoms with van der Waals surface area (Å²) in [6, 6.07) is 5.73. The zero-order valence-electron chi connectivity index (χ0n) is 11.2. The van der Waals surface area contributed by atoms with Gasteiger partial charge in [-0.3, -0.25) is 9.97 Å². The summed E-state index contributed by atoms with van der Waals surface area (Å²) in [5.74, 6) is 0.529. The molecule has 1 atom stereocenters. The SMILES string of the molecule is CCCNC(c1ccccn1)c1nccnc1OC. The van der Waals surface area contributed by atoms with Gasteiger partial charge in [-0.25, -0.2) is 4.98 Å². The molecule has 19 heavy (non-hydrogen) atoms. The average molecular weight is 258 g/mol. The first kappa shape index (κ1) is 13.4. The van der Waals surface area contributed by atoms with Gasteiger partial charge in [-0.2, -0.15) is 0 Å². The Morgan fingerprint density at radius 1 is 1.16 bits per heavy atom. The van der Waals surface area contributed by atoms with Crippen molar-refractivity contribution in [1.29, 1.82) is 0 Å². The molecule has 0 aromatic carbocycles. The van der Waals surface area contributed by atoms with Gasteiger partial charge in [0.25, 0.3) is 0 Å². The molecule has 0 aliphatic rings. The van der Waals surface area contributed by atoms with Gasteiger partial charge >= 0.3 is 0 Å². The fourth-order valence-electron chi connectivity index (χ4n) is 1.87. The molecule has 1 unspecified atom stereocenters. The summed E-state index contributed by atoms with van der Waals surface area (Å²) in [7, 11) is 1.60. The molecule has 2 rings (SSSR count). The third-order valence-electron chi connectivity index (χ3n) is 2.74. The lowest BCUT2D eigenvalue weighted by atomic mass is 10.1. The molecule has 0 spiro atoms. The minimum Gasteiger partial charge on any atom is -0.480 e. The summed E-state index contributed by atoms with van der Waals surface area (Å²) < 4.78 is 5.29. The van der Waals surface area contributed by atoms with Crippen LogP contribution < -0.4 is 10.1 Å². The second kappa shape index (κ2) is 6.80. The van der Waals surface area contributed by atoms with Crippen molar-refractivity contribution in [2.75, 3.05) is 13.7 Å². The minimum absolute atomic E-state index is 0.107. The zero-order chi connectivity index (χ0) is 13.5. The van der Waals surface area contributed by atoms with Crippen molar-refractivity contribution in [2.45, 2.75) is 19.4 Å². The molecule has 2 aromatic heterocycles. The van der Waals surface area contributed by atoms with Crippen LogP contribution >= 0.6 is 0 Å². The van der Waals surface area contributed by atoms with Crippen LogP contribution in [-0.2, 0) is 0 Å². The lowest BCUT2D eigenvalue weighted by Crippen LogP contribution is -2.25. The van der Waals surface area contributed by atoms with E-state index < -0.39 is 0 Å². The Bertz CT molecular complexity index is 504. The molecular formula is C14H18N4O. The summed E-state index contributed by atoms with van der Waals surface area (Å²) in [4.78, 5) is 13.0. The Hall–Kier alpha value is -2.01. The van der Waals surface area contributed by atoms with E-state index in [4.69, 9.17) is 4.74 Å². The van der Waals surface area contributed by atoms with Crippen LogP contribution in [0.4, 0.5) is 0 Å². The van der Waals surface area contributed by atoms with E-state index in [1.165, 1.54) is 0 Å². The van der Waals surface area contributed by atoms with Crippen LogP contribution in [0.15, 0.2) is 36.8 Å². The molecule has 5 nitrogen and oxygen atoms in total. The van der Waals surface area contributed by atoms with Gasteiger partial charge in [-0.05, 0) is 25.1 Å². The van der Waals surface area contributed by atoms with Gasteiger partial charge < -0.3 is 10.1 Å². The first-order valence-electron chi connectivity index (χ1n) is 6.36. The van der Waals surface area contributed by atoms with Crippen LogP contribution in [0.3, 0.4) is 0 Å². The predicted molar refractivity (Wildman–Crippen MR) is 73.0 cm³/mol. The minimum atomic E-state index is -0.107. The lowest BCUT2D eigenvalue weighted by Gasteiger charge is -2.18. The summed E-state index contributed by atoms with van der Waals surface area (Å²) in [6.45, 7) is 3.00. The molecule has 100 valence electrons. The van der Waals surface area contributed by atoms with Gasteiger partial charge in [-0.15, -0.1) is 0 Å². The van der Waals surface area contributed by atoms with E-state index in [0.29, 0.717) is 5.88 Å². The summed E-state index contributed by atoms with van der Waals surface area (Å²) in [6.07, 6.45) is 6.10. The molecule has 5 heteroatoms. The third kappa shape index (κ3) is 3.26. The zero-order valence-corrected chi connectivity index (χ0v) is 11.2. The average Bonchev–Trinajstić information content (AvgIpc) is 2.49. The smallest absolute Gasteiger partial charge is 0.237 e. The molecule has 0 aliphatic carbocycles. The van der Waals surface area contributed by atoms with Crippen LogP contribution in [0.1, 0.15) is 30.8 Å². The number of methoxy groups -OCH3 is 1. The largest absolute Gasteiger partial charge is 0.480 e. The normalized spacial score (nSPS) is 12.1. The van der Waals surface area contributed by atoms with Gasteiger partial charge in [0.1, 0.15) is 5.69 Å². The second-order valence-corrected chi connectivity index (χ2v) is 4.09. The van der Waals surface area contributed by atoms with Crippen LogP contribution in [-0.4, -0.2) is 28.6 Å². The Morgan fingerprint density at radius 3 is 2.68 bits per heavy atom. The number of rotatable bonds is 6. The van der Waals surface area contributed by atoms with Crippen LogP contribution in [0.5, 0.6) is 5.88 Å². The van der Waals surface area contributed by atoms with E-state index in [9.17, 15) is 0 Å². The maximum Gasteiger partial charge on any atom is 0.237 e. The summed E-state index contributed by atoms with van der Waals surface area (Å²) >= 11 is 0. The molecule has 0 saturated carbocycles.